The van der Waals surface area contributed by atoms with E-state index in [0.29, 0.717) is 11.3 Å². The topological polar surface area (TPSA) is 64.6 Å². The van der Waals surface area contributed by atoms with E-state index in [1.165, 1.54) is 42.5 Å². The van der Waals surface area contributed by atoms with Gasteiger partial charge in [0.25, 0.3) is 5.91 Å². The van der Waals surface area contributed by atoms with Gasteiger partial charge >= 0.3 is 12.6 Å². The largest absolute Gasteiger partial charge is 0.452 e. The molecule has 0 saturated heterocycles. The van der Waals surface area contributed by atoms with Gasteiger partial charge in [0.1, 0.15) is 11.6 Å². The van der Waals surface area contributed by atoms with Crippen LogP contribution in [0.15, 0.2) is 48.5 Å². The van der Waals surface area contributed by atoms with Gasteiger partial charge in [0, 0.05) is 11.8 Å². The van der Waals surface area contributed by atoms with Gasteiger partial charge < -0.3 is 14.8 Å². The van der Waals surface area contributed by atoms with Gasteiger partial charge in [-0.15, -0.1) is 0 Å². The van der Waals surface area contributed by atoms with Crippen molar-refractivity contribution in [1.82, 2.24) is 0 Å². The summed E-state index contributed by atoms with van der Waals surface area (Å²) in [5.74, 6) is -2.04. The summed E-state index contributed by atoms with van der Waals surface area (Å²) in [6.07, 6.45) is 2.42. The predicted octanol–water partition coefficient (Wildman–Crippen LogP) is 4.28. The molecule has 0 bridgehead atoms. The molecular weight excluding hydrogens is 387 g/mol. The van der Waals surface area contributed by atoms with Gasteiger partial charge in [-0.05, 0) is 48.0 Å². The summed E-state index contributed by atoms with van der Waals surface area (Å²) in [6.45, 7) is -3.49. The van der Waals surface area contributed by atoms with Gasteiger partial charge in [-0.1, -0.05) is 17.7 Å². The molecule has 0 atom stereocenters. The Morgan fingerprint density at radius 2 is 1.85 bits per heavy atom. The van der Waals surface area contributed by atoms with Crippen LogP contribution in [0.1, 0.15) is 5.56 Å². The van der Waals surface area contributed by atoms with Gasteiger partial charge in [0.2, 0.25) is 0 Å². The van der Waals surface area contributed by atoms with Crippen molar-refractivity contribution in [1.29, 1.82) is 0 Å². The van der Waals surface area contributed by atoms with Gasteiger partial charge in [0.05, 0.1) is 5.02 Å². The molecule has 1 amide bonds. The normalized spacial score (nSPS) is 10.9. The molecule has 5 nitrogen and oxygen atoms in total. The molecular formula is C18H13ClF3NO4. The smallest absolute Gasteiger partial charge is 0.387 e. The first-order valence-corrected chi connectivity index (χ1v) is 7.86. The molecule has 142 valence electrons. The maximum atomic E-state index is 13.0. The molecule has 0 radical (unpaired) electrons. The average Bonchev–Trinajstić information content (AvgIpc) is 2.62. The number of anilines is 1. The summed E-state index contributed by atoms with van der Waals surface area (Å²) in [6, 6.07) is 9.12. The van der Waals surface area contributed by atoms with Crippen LogP contribution in [0, 0.1) is 5.82 Å². The van der Waals surface area contributed by atoms with Crippen molar-refractivity contribution in [3.63, 3.8) is 0 Å². The number of halogens is 4. The number of esters is 1. The fourth-order valence-corrected chi connectivity index (χ4v) is 2.07. The Bertz CT molecular complexity index is 841. The van der Waals surface area contributed by atoms with Crippen molar-refractivity contribution < 1.29 is 32.2 Å². The fourth-order valence-electron chi connectivity index (χ4n) is 1.88. The van der Waals surface area contributed by atoms with Crippen LogP contribution in [0.5, 0.6) is 5.75 Å². The van der Waals surface area contributed by atoms with Crippen molar-refractivity contribution in [2.75, 3.05) is 11.9 Å². The third-order valence-electron chi connectivity index (χ3n) is 3.06. The Kier molecular flexibility index (Phi) is 7.25. The van der Waals surface area contributed by atoms with Crippen LogP contribution in [-0.4, -0.2) is 25.1 Å². The SMILES string of the molecule is O=C(COC(=O)/C=C/c1ccc(F)c(Cl)c1)Nc1ccc(OC(F)F)cc1. The Morgan fingerprint density at radius 1 is 1.15 bits per heavy atom. The van der Waals surface area contributed by atoms with Crippen molar-refractivity contribution in [3.8, 4) is 5.75 Å². The lowest BCUT2D eigenvalue weighted by Crippen LogP contribution is -2.20. The van der Waals surface area contributed by atoms with E-state index in [0.717, 1.165) is 12.1 Å². The Hall–Kier alpha value is -3.00. The number of benzene rings is 2. The summed E-state index contributed by atoms with van der Waals surface area (Å²) in [5, 5.41) is 2.33. The van der Waals surface area contributed by atoms with Crippen LogP contribution in [0.2, 0.25) is 5.02 Å². The number of amides is 1. The standard InChI is InChI=1S/C18H13ClF3NO4/c19-14-9-11(1-7-15(14)20)2-8-17(25)26-10-16(24)23-12-3-5-13(6-4-12)27-18(21)22/h1-9,18H,10H2,(H,23,24)/b8-2+. The molecule has 0 aromatic heterocycles. The fraction of sp³-hybridized carbons (Fsp3) is 0.111. The second-order valence-electron chi connectivity index (χ2n) is 5.07. The molecule has 2 aromatic carbocycles. The minimum atomic E-state index is -2.94. The molecule has 2 aromatic rings. The van der Waals surface area contributed by atoms with Crippen molar-refractivity contribution in [3.05, 3.63) is 64.9 Å². The number of hydrogen-bond donors (Lipinski definition) is 1. The maximum Gasteiger partial charge on any atom is 0.387 e. The summed E-state index contributed by atoms with van der Waals surface area (Å²) in [5.41, 5.74) is 0.795. The molecule has 27 heavy (non-hydrogen) atoms. The lowest BCUT2D eigenvalue weighted by atomic mass is 10.2. The van der Waals surface area contributed by atoms with E-state index in [-0.39, 0.29) is 10.8 Å². The summed E-state index contributed by atoms with van der Waals surface area (Å²) >= 11 is 5.62. The second kappa shape index (κ2) is 9.63. The molecule has 0 unspecified atom stereocenters. The van der Waals surface area contributed by atoms with Gasteiger partial charge in [0.15, 0.2) is 6.61 Å². The maximum absolute atomic E-state index is 13.0. The van der Waals surface area contributed by atoms with Crippen LogP contribution in [0.25, 0.3) is 6.08 Å². The summed E-state index contributed by atoms with van der Waals surface area (Å²) in [7, 11) is 0. The average molecular weight is 400 g/mol. The van der Waals surface area contributed by atoms with E-state index >= 15 is 0 Å². The summed E-state index contributed by atoms with van der Waals surface area (Å²) < 4.78 is 46.1. The van der Waals surface area contributed by atoms with E-state index in [1.807, 2.05) is 0 Å². The molecule has 0 aliphatic heterocycles. The van der Waals surface area contributed by atoms with E-state index in [4.69, 9.17) is 16.3 Å². The molecule has 0 aliphatic rings. The molecule has 1 N–H and O–H groups in total. The van der Waals surface area contributed by atoms with Crippen LogP contribution in [0.4, 0.5) is 18.9 Å². The quantitative estimate of drug-likeness (QED) is 0.557. The highest BCUT2D eigenvalue weighted by Gasteiger charge is 2.08. The first-order valence-electron chi connectivity index (χ1n) is 7.48. The Labute approximate surface area is 157 Å². The predicted molar refractivity (Wildman–Crippen MR) is 93.1 cm³/mol. The lowest BCUT2D eigenvalue weighted by molar-refractivity contribution is -0.142. The monoisotopic (exact) mass is 399 g/mol. The Balaban J connectivity index is 1.79. The minimum absolute atomic E-state index is 0.0551. The third kappa shape index (κ3) is 7.02. The zero-order valence-electron chi connectivity index (χ0n) is 13.6. The highest BCUT2D eigenvalue weighted by Crippen LogP contribution is 2.18. The lowest BCUT2D eigenvalue weighted by Gasteiger charge is -2.07. The summed E-state index contributed by atoms with van der Waals surface area (Å²) in [4.78, 5) is 23.3. The van der Waals surface area contributed by atoms with Crippen molar-refractivity contribution in [2.24, 2.45) is 0 Å². The van der Waals surface area contributed by atoms with Gasteiger partial charge in [-0.3, -0.25) is 4.79 Å². The highest BCUT2D eigenvalue weighted by atomic mass is 35.5. The van der Waals surface area contributed by atoms with E-state index < -0.39 is 30.9 Å². The molecule has 0 heterocycles. The zero-order valence-corrected chi connectivity index (χ0v) is 14.4. The van der Waals surface area contributed by atoms with E-state index in [9.17, 15) is 22.8 Å². The minimum Gasteiger partial charge on any atom is -0.452 e. The number of nitrogens with one attached hydrogen (secondary N) is 1. The van der Waals surface area contributed by atoms with Crippen LogP contribution < -0.4 is 10.1 Å². The zero-order chi connectivity index (χ0) is 19.8. The van der Waals surface area contributed by atoms with Crippen LogP contribution >= 0.6 is 11.6 Å². The van der Waals surface area contributed by atoms with Crippen molar-refractivity contribution >= 4 is 35.2 Å². The molecule has 0 saturated carbocycles. The van der Waals surface area contributed by atoms with E-state index in [1.54, 1.807) is 0 Å². The van der Waals surface area contributed by atoms with Crippen LogP contribution in [0.3, 0.4) is 0 Å². The van der Waals surface area contributed by atoms with Crippen molar-refractivity contribution in [2.45, 2.75) is 6.61 Å². The highest BCUT2D eigenvalue weighted by molar-refractivity contribution is 6.30. The number of ether oxygens (including phenoxy) is 2. The molecule has 0 aliphatic carbocycles. The third-order valence-corrected chi connectivity index (χ3v) is 3.35. The Morgan fingerprint density at radius 3 is 2.48 bits per heavy atom. The molecule has 0 fully saturated rings. The number of carbonyl (C=O) groups excluding carboxylic acids is 2. The molecule has 2 rings (SSSR count). The van der Waals surface area contributed by atoms with Gasteiger partial charge in [-0.2, -0.15) is 8.78 Å². The van der Waals surface area contributed by atoms with Crippen LogP contribution in [-0.2, 0) is 14.3 Å². The number of alkyl halides is 2. The second-order valence-corrected chi connectivity index (χ2v) is 5.47. The molecule has 9 heteroatoms. The van der Waals surface area contributed by atoms with E-state index in [2.05, 4.69) is 10.1 Å². The number of hydrogen-bond acceptors (Lipinski definition) is 4. The number of rotatable bonds is 7. The molecule has 0 spiro atoms. The van der Waals surface area contributed by atoms with Gasteiger partial charge in [-0.25, -0.2) is 9.18 Å². The first-order chi connectivity index (χ1) is 12.8. The number of carbonyl (C=O) groups is 2. The first kappa shape index (κ1) is 20.3.